The number of nitrogens with zero attached hydrogens (tertiary/aromatic N) is 1. The molecule has 2 nitrogen and oxygen atoms in total. The van der Waals surface area contributed by atoms with Crippen molar-refractivity contribution in [2.24, 2.45) is 0 Å². The summed E-state index contributed by atoms with van der Waals surface area (Å²) in [6, 6.07) is 8.37. The molecule has 1 amide bonds. The van der Waals surface area contributed by atoms with E-state index in [1.807, 2.05) is 21.7 Å². The summed E-state index contributed by atoms with van der Waals surface area (Å²) < 4.78 is 0. The smallest absolute Gasteiger partial charge is 0.255 e. The standard InChI is InChI=1S/C16H13NOS3/c18-16(11-4-8-19-10-11)17-6-3-13-12(5-9-21-13)15(17)14-2-1-7-20-14/h1-2,4-5,7-10,15H,3,6H2/t15-/m1/s1. The van der Waals surface area contributed by atoms with Crippen LogP contribution in [0.15, 0.2) is 45.8 Å². The number of hydrogen-bond donors (Lipinski definition) is 0. The quantitative estimate of drug-likeness (QED) is 0.669. The fourth-order valence-corrected chi connectivity index (χ4v) is 5.23. The molecule has 0 bridgehead atoms. The molecule has 0 radical (unpaired) electrons. The third-order valence-corrected chi connectivity index (χ3v) is 6.41. The number of thiophene rings is 3. The van der Waals surface area contributed by atoms with Crippen LogP contribution >= 0.6 is 34.0 Å². The molecule has 4 rings (SSSR count). The Kier molecular flexibility index (Phi) is 3.41. The van der Waals surface area contributed by atoms with Gasteiger partial charge in [0.15, 0.2) is 0 Å². The fraction of sp³-hybridized carbons (Fsp3) is 0.188. The molecule has 0 saturated heterocycles. The third-order valence-electron chi connectivity index (χ3n) is 3.81. The molecule has 0 fully saturated rings. The minimum Gasteiger partial charge on any atom is -0.326 e. The van der Waals surface area contributed by atoms with Crippen LogP contribution < -0.4 is 0 Å². The van der Waals surface area contributed by atoms with Gasteiger partial charge >= 0.3 is 0 Å². The van der Waals surface area contributed by atoms with Gasteiger partial charge in [-0.2, -0.15) is 11.3 Å². The lowest BCUT2D eigenvalue weighted by Crippen LogP contribution is -2.39. The maximum atomic E-state index is 12.8. The Morgan fingerprint density at radius 2 is 2.10 bits per heavy atom. The summed E-state index contributed by atoms with van der Waals surface area (Å²) in [7, 11) is 0. The summed E-state index contributed by atoms with van der Waals surface area (Å²) in [5, 5.41) is 8.14. The molecule has 1 aliphatic heterocycles. The van der Waals surface area contributed by atoms with E-state index in [0.29, 0.717) is 0 Å². The number of amides is 1. The number of fused-ring (bicyclic) bond motifs is 1. The zero-order valence-corrected chi connectivity index (χ0v) is 13.6. The van der Waals surface area contributed by atoms with Crippen molar-refractivity contribution in [3.05, 3.63) is 66.7 Å². The van der Waals surface area contributed by atoms with Crippen LogP contribution in [-0.2, 0) is 6.42 Å². The lowest BCUT2D eigenvalue weighted by Gasteiger charge is -2.35. The zero-order valence-electron chi connectivity index (χ0n) is 11.2. The lowest BCUT2D eigenvalue weighted by molar-refractivity contribution is 0.0699. The van der Waals surface area contributed by atoms with Crippen molar-refractivity contribution in [3.63, 3.8) is 0 Å². The molecule has 4 heterocycles. The number of carbonyl (C=O) groups is 1. The molecule has 1 aliphatic rings. The molecule has 106 valence electrons. The molecule has 1 atom stereocenters. The number of hydrogen-bond acceptors (Lipinski definition) is 4. The van der Waals surface area contributed by atoms with E-state index >= 15 is 0 Å². The summed E-state index contributed by atoms with van der Waals surface area (Å²) in [6.45, 7) is 0.796. The summed E-state index contributed by atoms with van der Waals surface area (Å²) >= 11 is 5.11. The van der Waals surface area contributed by atoms with Crippen LogP contribution in [0, 0.1) is 0 Å². The Hall–Kier alpha value is -1.43. The van der Waals surface area contributed by atoms with Crippen LogP contribution in [0.5, 0.6) is 0 Å². The first-order valence-electron chi connectivity index (χ1n) is 6.77. The van der Waals surface area contributed by atoms with Crippen molar-refractivity contribution in [1.82, 2.24) is 4.90 Å². The third kappa shape index (κ3) is 2.25. The second kappa shape index (κ2) is 5.40. The fourth-order valence-electron chi connectivity index (χ4n) is 2.84. The van der Waals surface area contributed by atoms with Gasteiger partial charge in [0.1, 0.15) is 0 Å². The van der Waals surface area contributed by atoms with Gasteiger partial charge in [-0.3, -0.25) is 4.79 Å². The highest BCUT2D eigenvalue weighted by Gasteiger charge is 2.33. The first kappa shape index (κ1) is 13.2. The van der Waals surface area contributed by atoms with Gasteiger partial charge in [0.25, 0.3) is 5.91 Å². The Morgan fingerprint density at radius 1 is 1.14 bits per heavy atom. The van der Waals surface area contributed by atoms with Crippen molar-refractivity contribution in [2.45, 2.75) is 12.5 Å². The monoisotopic (exact) mass is 331 g/mol. The summed E-state index contributed by atoms with van der Waals surface area (Å²) in [4.78, 5) is 17.5. The van der Waals surface area contributed by atoms with Gasteiger partial charge in [0.05, 0.1) is 11.6 Å². The SMILES string of the molecule is O=C(c1ccsc1)N1CCc2sccc2[C@@H]1c1cccs1. The second-order valence-corrected chi connectivity index (χ2v) is 7.74. The Bertz CT molecular complexity index is 742. The van der Waals surface area contributed by atoms with Crippen molar-refractivity contribution in [1.29, 1.82) is 0 Å². The summed E-state index contributed by atoms with van der Waals surface area (Å²) in [6.07, 6.45) is 0.963. The van der Waals surface area contributed by atoms with Gasteiger partial charge < -0.3 is 4.90 Å². The van der Waals surface area contributed by atoms with Gasteiger partial charge in [0, 0.05) is 21.7 Å². The molecular formula is C16H13NOS3. The lowest BCUT2D eigenvalue weighted by atomic mass is 9.98. The topological polar surface area (TPSA) is 20.3 Å². The highest BCUT2D eigenvalue weighted by atomic mass is 32.1. The molecule has 0 spiro atoms. The van der Waals surface area contributed by atoms with Gasteiger partial charge in [-0.1, -0.05) is 6.07 Å². The van der Waals surface area contributed by atoms with E-state index < -0.39 is 0 Å². The molecule has 0 saturated carbocycles. The van der Waals surface area contributed by atoms with E-state index in [9.17, 15) is 4.79 Å². The van der Waals surface area contributed by atoms with Gasteiger partial charge in [-0.15, -0.1) is 22.7 Å². The molecule has 21 heavy (non-hydrogen) atoms. The summed E-state index contributed by atoms with van der Waals surface area (Å²) in [5.74, 6) is 0.145. The average molecular weight is 331 g/mol. The first-order chi connectivity index (χ1) is 10.3. The summed E-state index contributed by atoms with van der Waals surface area (Å²) in [5.41, 5.74) is 2.11. The zero-order chi connectivity index (χ0) is 14.2. The van der Waals surface area contributed by atoms with E-state index in [-0.39, 0.29) is 11.9 Å². The Labute approximate surface area is 135 Å². The predicted molar refractivity (Wildman–Crippen MR) is 89.5 cm³/mol. The van der Waals surface area contributed by atoms with E-state index in [1.165, 1.54) is 15.3 Å². The minimum atomic E-state index is 0.0763. The van der Waals surface area contributed by atoms with E-state index in [2.05, 4.69) is 29.0 Å². The van der Waals surface area contributed by atoms with Crippen LogP contribution in [0.2, 0.25) is 0 Å². The van der Waals surface area contributed by atoms with E-state index in [0.717, 1.165) is 18.5 Å². The molecule has 3 aromatic heterocycles. The minimum absolute atomic E-state index is 0.0763. The van der Waals surface area contributed by atoms with Crippen molar-refractivity contribution in [3.8, 4) is 0 Å². The first-order valence-corrected chi connectivity index (χ1v) is 9.47. The van der Waals surface area contributed by atoms with Crippen LogP contribution in [0.4, 0.5) is 0 Å². The van der Waals surface area contributed by atoms with Gasteiger partial charge in [0.2, 0.25) is 0 Å². The Morgan fingerprint density at radius 3 is 2.86 bits per heavy atom. The van der Waals surface area contributed by atoms with Crippen LogP contribution in [0.1, 0.15) is 31.7 Å². The van der Waals surface area contributed by atoms with Crippen LogP contribution in [0.25, 0.3) is 0 Å². The Balaban J connectivity index is 1.78. The van der Waals surface area contributed by atoms with E-state index in [4.69, 9.17) is 0 Å². The normalized spacial score (nSPS) is 17.7. The number of carbonyl (C=O) groups excluding carboxylic acids is 1. The van der Waals surface area contributed by atoms with Crippen molar-refractivity contribution in [2.75, 3.05) is 6.54 Å². The molecule has 0 unspecified atom stereocenters. The average Bonchev–Trinajstić information content (AvgIpc) is 3.25. The van der Waals surface area contributed by atoms with E-state index in [1.54, 1.807) is 34.0 Å². The largest absolute Gasteiger partial charge is 0.326 e. The predicted octanol–water partition coefficient (Wildman–Crippen LogP) is 4.66. The molecule has 0 aliphatic carbocycles. The molecular weight excluding hydrogens is 318 g/mol. The van der Waals surface area contributed by atoms with Crippen LogP contribution in [0.3, 0.4) is 0 Å². The van der Waals surface area contributed by atoms with Gasteiger partial charge in [-0.05, 0) is 46.3 Å². The highest BCUT2D eigenvalue weighted by molar-refractivity contribution is 7.10. The molecule has 3 aromatic rings. The molecule has 0 aromatic carbocycles. The second-order valence-electron chi connectivity index (χ2n) is 4.98. The highest BCUT2D eigenvalue weighted by Crippen LogP contribution is 2.40. The molecule has 5 heteroatoms. The number of rotatable bonds is 2. The maximum Gasteiger partial charge on any atom is 0.255 e. The maximum absolute atomic E-state index is 12.8. The van der Waals surface area contributed by atoms with Crippen molar-refractivity contribution < 1.29 is 4.79 Å². The molecule has 0 N–H and O–H groups in total. The van der Waals surface area contributed by atoms with Gasteiger partial charge in [-0.25, -0.2) is 0 Å². The van der Waals surface area contributed by atoms with Crippen LogP contribution in [-0.4, -0.2) is 17.4 Å². The van der Waals surface area contributed by atoms with Crippen molar-refractivity contribution >= 4 is 39.9 Å².